The molecule has 29 heavy (non-hydrogen) atoms. The van der Waals surface area contributed by atoms with Crippen LogP contribution in [0.15, 0.2) is 60.7 Å². The summed E-state index contributed by atoms with van der Waals surface area (Å²) in [5.74, 6) is -0.0260. The van der Waals surface area contributed by atoms with Crippen molar-refractivity contribution in [2.75, 3.05) is 12.4 Å². The Morgan fingerprint density at radius 3 is 2.17 bits per heavy atom. The molecule has 6 nitrogen and oxygen atoms in total. The van der Waals surface area contributed by atoms with Crippen LogP contribution in [0, 0.1) is 13.8 Å². The molecular formula is C23H23N3O3. The largest absolute Gasteiger partial charge is 0.496 e. The second-order valence-corrected chi connectivity index (χ2v) is 6.62. The zero-order valence-electron chi connectivity index (χ0n) is 16.7. The number of ether oxygens (including phenoxy) is 1. The van der Waals surface area contributed by atoms with Crippen molar-refractivity contribution in [3.8, 4) is 5.75 Å². The predicted octanol–water partition coefficient (Wildman–Crippen LogP) is 3.89. The summed E-state index contributed by atoms with van der Waals surface area (Å²) in [7, 11) is 1.58. The number of para-hydroxylation sites is 2. The van der Waals surface area contributed by atoms with Crippen molar-refractivity contribution in [3.05, 3.63) is 88.7 Å². The van der Waals surface area contributed by atoms with Gasteiger partial charge in [0.1, 0.15) is 17.1 Å². The molecule has 148 valence electrons. The number of hydrogen-bond donors (Lipinski definition) is 2. The molecule has 0 aliphatic rings. The second-order valence-electron chi connectivity index (χ2n) is 6.62. The number of anilines is 1. The predicted molar refractivity (Wildman–Crippen MR) is 112 cm³/mol. The molecule has 6 heteroatoms. The lowest BCUT2D eigenvalue weighted by Crippen LogP contribution is -2.25. The molecule has 3 rings (SSSR count). The van der Waals surface area contributed by atoms with E-state index in [2.05, 4.69) is 15.6 Å². The third-order valence-electron chi connectivity index (χ3n) is 4.57. The number of nitrogens with one attached hydrogen (secondary N) is 2. The SMILES string of the molecule is COc1ccccc1CNC(=O)c1cccc(C(=O)Nc2c(C)cccc2C)n1. The van der Waals surface area contributed by atoms with Crippen LogP contribution in [-0.2, 0) is 6.54 Å². The van der Waals surface area contributed by atoms with Crippen molar-refractivity contribution < 1.29 is 14.3 Å². The molecule has 0 spiro atoms. The number of benzene rings is 2. The maximum Gasteiger partial charge on any atom is 0.274 e. The highest BCUT2D eigenvalue weighted by molar-refractivity contribution is 6.04. The molecule has 3 aromatic rings. The van der Waals surface area contributed by atoms with Crippen LogP contribution in [0.5, 0.6) is 5.75 Å². The van der Waals surface area contributed by atoms with Crippen molar-refractivity contribution in [1.82, 2.24) is 10.3 Å². The minimum atomic E-state index is -0.363. The number of carbonyl (C=O) groups excluding carboxylic acids is 2. The first kappa shape index (κ1) is 20.1. The van der Waals surface area contributed by atoms with Gasteiger partial charge in [-0.15, -0.1) is 0 Å². The van der Waals surface area contributed by atoms with Gasteiger partial charge in [-0.3, -0.25) is 9.59 Å². The number of amides is 2. The Morgan fingerprint density at radius 1 is 0.862 bits per heavy atom. The molecular weight excluding hydrogens is 366 g/mol. The summed E-state index contributed by atoms with van der Waals surface area (Å²) in [5.41, 5.74) is 3.89. The third kappa shape index (κ3) is 4.79. The number of carbonyl (C=O) groups is 2. The van der Waals surface area contributed by atoms with Crippen molar-refractivity contribution >= 4 is 17.5 Å². The first-order valence-electron chi connectivity index (χ1n) is 9.24. The van der Waals surface area contributed by atoms with E-state index in [0.717, 1.165) is 22.4 Å². The third-order valence-corrected chi connectivity index (χ3v) is 4.57. The molecule has 1 aromatic heterocycles. The molecule has 2 aromatic carbocycles. The van der Waals surface area contributed by atoms with Gasteiger partial charge < -0.3 is 15.4 Å². The van der Waals surface area contributed by atoms with Gasteiger partial charge in [0.15, 0.2) is 0 Å². The van der Waals surface area contributed by atoms with Gasteiger partial charge in [0, 0.05) is 17.8 Å². The van der Waals surface area contributed by atoms with Gasteiger partial charge in [0.05, 0.1) is 7.11 Å². The Kier molecular flexibility index (Phi) is 6.24. The van der Waals surface area contributed by atoms with E-state index in [0.29, 0.717) is 12.3 Å². The Bertz CT molecular complexity index is 1030. The van der Waals surface area contributed by atoms with Crippen LogP contribution in [0.3, 0.4) is 0 Å². The fourth-order valence-corrected chi connectivity index (χ4v) is 2.99. The lowest BCUT2D eigenvalue weighted by atomic mass is 10.1. The van der Waals surface area contributed by atoms with E-state index in [1.807, 2.05) is 56.3 Å². The van der Waals surface area contributed by atoms with E-state index in [-0.39, 0.29) is 23.2 Å². The van der Waals surface area contributed by atoms with Crippen LogP contribution in [0.4, 0.5) is 5.69 Å². The summed E-state index contributed by atoms with van der Waals surface area (Å²) < 4.78 is 5.29. The number of pyridine rings is 1. The molecule has 0 radical (unpaired) electrons. The summed E-state index contributed by atoms with van der Waals surface area (Å²) in [5, 5.41) is 5.70. The molecule has 1 heterocycles. The number of methoxy groups -OCH3 is 1. The summed E-state index contributed by atoms with van der Waals surface area (Å²) >= 11 is 0. The summed E-state index contributed by atoms with van der Waals surface area (Å²) in [4.78, 5) is 29.4. The molecule has 2 N–H and O–H groups in total. The van der Waals surface area contributed by atoms with E-state index in [1.165, 1.54) is 0 Å². The number of aromatic nitrogens is 1. The maximum absolute atomic E-state index is 12.6. The standard InChI is InChI=1S/C23H23N3O3/c1-15-8-6-9-16(2)21(15)26-23(28)19-12-7-11-18(25-19)22(27)24-14-17-10-4-5-13-20(17)29-3/h4-13H,14H2,1-3H3,(H,24,27)(H,26,28). The molecule has 0 fully saturated rings. The maximum atomic E-state index is 12.6. The van der Waals surface area contributed by atoms with Gasteiger partial charge in [-0.1, -0.05) is 42.5 Å². The smallest absolute Gasteiger partial charge is 0.274 e. The average molecular weight is 389 g/mol. The van der Waals surface area contributed by atoms with Gasteiger partial charge in [-0.2, -0.15) is 0 Å². The molecule has 0 saturated carbocycles. The molecule has 0 unspecified atom stereocenters. The molecule has 0 atom stereocenters. The summed E-state index contributed by atoms with van der Waals surface area (Å²) in [6.07, 6.45) is 0. The van der Waals surface area contributed by atoms with Crippen LogP contribution in [0.1, 0.15) is 37.7 Å². The first-order chi connectivity index (χ1) is 14.0. The van der Waals surface area contributed by atoms with Gasteiger partial charge in [-0.25, -0.2) is 4.98 Å². The zero-order chi connectivity index (χ0) is 20.8. The number of rotatable bonds is 6. The van der Waals surface area contributed by atoms with Crippen LogP contribution < -0.4 is 15.4 Å². The van der Waals surface area contributed by atoms with Gasteiger partial charge in [-0.05, 0) is 43.2 Å². The lowest BCUT2D eigenvalue weighted by molar-refractivity contribution is 0.0945. The topological polar surface area (TPSA) is 80.3 Å². The van der Waals surface area contributed by atoms with Crippen LogP contribution in [0.25, 0.3) is 0 Å². The monoisotopic (exact) mass is 389 g/mol. The minimum absolute atomic E-state index is 0.175. The Labute approximate surface area is 169 Å². The molecule has 0 aliphatic carbocycles. The molecule has 0 saturated heterocycles. The van der Waals surface area contributed by atoms with Crippen LogP contribution >= 0.6 is 0 Å². The quantitative estimate of drug-likeness (QED) is 0.670. The Hall–Kier alpha value is -3.67. The number of aryl methyl sites for hydroxylation is 2. The van der Waals surface area contributed by atoms with Crippen molar-refractivity contribution in [2.45, 2.75) is 20.4 Å². The van der Waals surface area contributed by atoms with Crippen LogP contribution in [0.2, 0.25) is 0 Å². The first-order valence-corrected chi connectivity index (χ1v) is 9.24. The van der Waals surface area contributed by atoms with Gasteiger partial charge in [0.2, 0.25) is 0 Å². The molecule has 2 amide bonds. The van der Waals surface area contributed by atoms with E-state index in [4.69, 9.17) is 4.74 Å². The van der Waals surface area contributed by atoms with Gasteiger partial charge in [0.25, 0.3) is 11.8 Å². The highest BCUT2D eigenvalue weighted by atomic mass is 16.5. The number of nitrogens with zero attached hydrogens (tertiary/aromatic N) is 1. The number of hydrogen-bond acceptors (Lipinski definition) is 4. The van der Waals surface area contributed by atoms with E-state index in [9.17, 15) is 9.59 Å². The second kappa shape index (κ2) is 9.01. The highest BCUT2D eigenvalue weighted by Crippen LogP contribution is 2.20. The zero-order valence-corrected chi connectivity index (χ0v) is 16.7. The van der Waals surface area contributed by atoms with E-state index in [1.54, 1.807) is 25.3 Å². The van der Waals surface area contributed by atoms with Crippen molar-refractivity contribution in [3.63, 3.8) is 0 Å². The summed E-state index contributed by atoms with van der Waals surface area (Å²) in [6, 6.07) is 18.0. The molecule has 0 aliphatic heterocycles. The fourth-order valence-electron chi connectivity index (χ4n) is 2.99. The van der Waals surface area contributed by atoms with Crippen LogP contribution in [-0.4, -0.2) is 23.9 Å². The molecule has 0 bridgehead atoms. The lowest BCUT2D eigenvalue weighted by Gasteiger charge is -2.12. The van der Waals surface area contributed by atoms with E-state index < -0.39 is 0 Å². The van der Waals surface area contributed by atoms with Gasteiger partial charge >= 0.3 is 0 Å². The Morgan fingerprint density at radius 2 is 1.48 bits per heavy atom. The summed E-state index contributed by atoms with van der Waals surface area (Å²) in [6.45, 7) is 4.15. The highest BCUT2D eigenvalue weighted by Gasteiger charge is 2.14. The minimum Gasteiger partial charge on any atom is -0.496 e. The van der Waals surface area contributed by atoms with Crippen molar-refractivity contribution in [2.24, 2.45) is 0 Å². The van der Waals surface area contributed by atoms with Crippen molar-refractivity contribution in [1.29, 1.82) is 0 Å². The fraction of sp³-hybridized carbons (Fsp3) is 0.174. The average Bonchev–Trinajstić information content (AvgIpc) is 2.74. The Balaban J connectivity index is 1.71. The van der Waals surface area contributed by atoms with E-state index >= 15 is 0 Å². The normalized spacial score (nSPS) is 10.3.